The molecule has 0 aliphatic carbocycles. The Morgan fingerprint density at radius 1 is 1.25 bits per heavy atom. The summed E-state index contributed by atoms with van der Waals surface area (Å²) in [4.78, 5) is 0. The maximum atomic E-state index is 11.4. The topological polar surface area (TPSA) is 52.6 Å². The molecule has 4 nitrogen and oxygen atoms in total. The molecule has 20 heavy (non-hydrogen) atoms. The van der Waals surface area contributed by atoms with Crippen LogP contribution < -0.4 is 4.74 Å². The standard InChI is InChI=1S/C14H19ClO4S/c1-12-2-4-13(5-3-12)19-10-14(11-20(15,16)17)6-8-18-9-7-14/h2-5H,6-11H2,1H3. The number of benzene rings is 1. The summed E-state index contributed by atoms with van der Waals surface area (Å²) in [5.74, 6) is 0.671. The predicted octanol–water partition coefficient (Wildman–Crippen LogP) is 2.74. The second kappa shape index (κ2) is 6.33. The van der Waals surface area contributed by atoms with Gasteiger partial charge in [-0.2, -0.15) is 0 Å². The van der Waals surface area contributed by atoms with E-state index in [4.69, 9.17) is 20.2 Å². The highest BCUT2D eigenvalue weighted by atomic mass is 35.7. The van der Waals surface area contributed by atoms with Crippen molar-refractivity contribution in [2.75, 3.05) is 25.6 Å². The molecule has 1 aromatic rings. The minimum atomic E-state index is -3.56. The average Bonchev–Trinajstić information content (AvgIpc) is 2.37. The van der Waals surface area contributed by atoms with Crippen molar-refractivity contribution in [3.8, 4) is 5.75 Å². The molecule has 6 heteroatoms. The van der Waals surface area contributed by atoms with Crippen LogP contribution in [0.5, 0.6) is 5.75 Å². The van der Waals surface area contributed by atoms with Gasteiger partial charge in [0.25, 0.3) is 0 Å². The van der Waals surface area contributed by atoms with E-state index in [1.165, 1.54) is 0 Å². The zero-order valence-corrected chi connectivity index (χ0v) is 13.0. The summed E-state index contributed by atoms with van der Waals surface area (Å²) in [6.45, 7) is 3.43. The molecule has 0 N–H and O–H groups in total. The Bertz CT molecular complexity index is 533. The molecule has 112 valence electrons. The summed E-state index contributed by atoms with van der Waals surface area (Å²) in [5, 5.41) is 0. The number of hydrogen-bond acceptors (Lipinski definition) is 4. The molecule has 1 aliphatic rings. The van der Waals surface area contributed by atoms with Crippen molar-refractivity contribution in [2.24, 2.45) is 5.41 Å². The zero-order valence-electron chi connectivity index (χ0n) is 11.5. The lowest BCUT2D eigenvalue weighted by molar-refractivity contribution is 0.00228. The van der Waals surface area contributed by atoms with Crippen molar-refractivity contribution >= 4 is 19.7 Å². The van der Waals surface area contributed by atoms with Crippen LogP contribution in [-0.2, 0) is 13.8 Å². The molecule has 0 bridgehead atoms. The Labute approximate surface area is 124 Å². The Kier molecular flexibility index (Phi) is 4.94. The Morgan fingerprint density at radius 3 is 2.40 bits per heavy atom. The molecule has 0 aromatic heterocycles. The van der Waals surface area contributed by atoms with E-state index in [2.05, 4.69) is 0 Å². The van der Waals surface area contributed by atoms with Crippen LogP contribution in [-0.4, -0.2) is 34.0 Å². The normalized spacial score (nSPS) is 18.7. The molecule has 0 radical (unpaired) electrons. The van der Waals surface area contributed by atoms with Gasteiger partial charge in [0.1, 0.15) is 5.75 Å². The first-order valence-corrected chi connectivity index (χ1v) is 9.06. The van der Waals surface area contributed by atoms with Gasteiger partial charge in [0, 0.05) is 29.3 Å². The van der Waals surface area contributed by atoms with E-state index in [1.54, 1.807) is 0 Å². The molecule has 0 unspecified atom stereocenters. The van der Waals surface area contributed by atoms with Crippen LogP contribution in [0.25, 0.3) is 0 Å². The molecular formula is C14H19ClO4S. The minimum Gasteiger partial charge on any atom is -0.493 e. The average molecular weight is 319 g/mol. The van der Waals surface area contributed by atoms with Gasteiger partial charge in [0.05, 0.1) is 12.4 Å². The lowest BCUT2D eigenvalue weighted by Crippen LogP contribution is -2.40. The lowest BCUT2D eigenvalue weighted by atomic mass is 9.83. The molecule has 1 heterocycles. The first-order chi connectivity index (χ1) is 9.39. The van der Waals surface area contributed by atoms with Gasteiger partial charge in [-0.05, 0) is 31.9 Å². The molecule has 1 saturated heterocycles. The SMILES string of the molecule is Cc1ccc(OCC2(CS(=O)(=O)Cl)CCOCC2)cc1. The maximum absolute atomic E-state index is 11.4. The van der Waals surface area contributed by atoms with Gasteiger partial charge in [0.2, 0.25) is 9.05 Å². The first-order valence-electron chi connectivity index (χ1n) is 6.58. The molecule has 1 aromatic carbocycles. The monoisotopic (exact) mass is 318 g/mol. The summed E-state index contributed by atoms with van der Waals surface area (Å²) in [6, 6.07) is 7.70. The third-order valence-electron chi connectivity index (χ3n) is 3.60. The fraction of sp³-hybridized carbons (Fsp3) is 0.571. The molecule has 0 atom stereocenters. The van der Waals surface area contributed by atoms with E-state index >= 15 is 0 Å². The predicted molar refractivity (Wildman–Crippen MR) is 78.8 cm³/mol. The number of ether oxygens (including phenoxy) is 2. The first kappa shape index (κ1) is 15.6. The van der Waals surface area contributed by atoms with Gasteiger partial charge in [0.15, 0.2) is 0 Å². The Hall–Kier alpha value is -0.780. The van der Waals surface area contributed by atoms with Crippen molar-refractivity contribution in [3.63, 3.8) is 0 Å². The van der Waals surface area contributed by atoms with E-state index in [9.17, 15) is 8.42 Å². The summed E-state index contributed by atoms with van der Waals surface area (Å²) in [7, 11) is 1.88. The fourth-order valence-electron chi connectivity index (χ4n) is 2.37. The third-order valence-corrected chi connectivity index (χ3v) is 4.88. The zero-order chi connectivity index (χ0) is 14.6. The van der Waals surface area contributed by atoms with Crippen molar-refractivity contribution in [1.82, 2.24) is 0 Å². The second-order valence-corrected chi connectivity index (χ2v) is 8.17. The lowest BCUT2D eigenvalue weighted by Gasteiger charge is -2.35. The van der Waals surface area contributed by atoms with Crippen molar-refractivity contribution in [2.45, 2.75) is 19.8 Å². The molecule has 2 rings (SSSR count). The minimum absolute atomic E-state index is 0.0726. The molecular weight excluding hydrogens is 300 g/mol. The van der Waals surface area contributed by atoms with E-state index < -0.39 is 14.5 Å². The molecule has 0 saturated carbocycles. The Balaban J connectivity index is 2.06. The smallest absolute Gasteiger partial charge is 0.233 e. The summed E-state index contributed by atoms with van der Waals surface area (Å²) < 4.78 is 33.9. The van der Waals surface area contributed by atoms with Crippen LogP contribution in [0.2, 0.25) is 0 Å². The van der Waals surface area contributed by atoms with Crippen LogP contribution >= 0.6 is 10.7 Å². The largest absolute Gasteiger partial charge is 0.493 e. The van der Waals surface area contributed by atoms with E-state index in [1.807, 2.05) is 31.2 Å². The number of hydrogen-bond donors (Lipinski definition) is 0. The van der Waals surface area contributed by atoms with Crippen molar-refractivity contribution < 1.29 is 17.9 Å². The van der Waals surface area contributed by atoms with E-state index in [-0.39, 0.29) is 5.75 Å². The third kappa shape index (κ3) is 4.65. The molecule has 0 spiro atoms. The van der Waals surface area contributed by atoms with Gasteiger partial charge in [-0.3, -0.25) is 0 Å². The maximum Gasteiger partial charge on any atom is 0.233 e. The summed E-state index contributed by atoms with van der Waals surface area (Å²) in [6.07, 6.45) is 1.29. The van der Waals surface area contributed by atoms with E-state index in [0.29, 0.717) is 32.7 Å². The van der Waals surface area contributed by atoms with Crippen LogP contribution in [0.4, 0.5) is 0 Å². The molecule has 1 fully saturated rings. The number of aryl methyl sites for hydroxylation is 1. The molecule has 1 aliphatic heterocycles. The van der Waals surface area contributed by atoms with Crippen LogP contribution in [0.1, 0.15) is 18.4 Å². The fourth-order valence-corrected chi connectivity index (χ4v) is 4.17. The van der Waals surface area contributed by atoms with Gasteiger partial charge in [-0.25, -0.2) is 8.42 Å². The highest BCUT2D eigenvalue weighted by molar-refractivity contribution is 8.13. The highest BCUT2D eigenvalue weighted by Crippen LogP contribution is 2.34. The quantitative estimate of drug-likeness (QED) is 0.783. The number of halogens is 1. The number of rotatable bonds is 5. The van der Waals surface area contributed by atoms with Crippen LogP contribution in [0, 0.1) is 12.3 Å². The van der Waals surface area contributed by atoms with E-state index in [0.717, 1.165) is 11.3 Å². The van der Waals surface area contributed by atoms with Crippen LogP contribution in [0.15, 0.2) is 24.3 Å². The van der Waals surface area contributed by atoms with Gasteiger partial charge < -0.3 is 9.47 Å². The van der Waals surface area contributed by atoms with Crippen molar-refractivity contribution in [1.29, 1.82) is 0 Å². The second-order valence-electron chi connectivity index (χ2n) is 5.40. The van der Waals surface area contributed by atoms with Gasteiger partial charge >= 0.3 is 0 Å². The van der Waals surface area contributed by atoms with Crippen molar-refractivity contribution in [3.05, 3.63) is 29.8 Å². The Morgan fingerprint density at radius 2 is 1.85 bits per heavy atom. The van der Waals surface area contributed by atoms with Gasteiger partial charge in [-0.1, -0.05) is 17.7 Å². The molecule has 0 amide bonds. The summed E-state index contributed by atoms with van der Waals surface area (Å²) >= 11 is 0. The summed E-state index contributed by atoms with van der Waals surface area (Å²) in [5.41, 5.74) is 0.699. The van der Waals surface area contributed by atoms with Crippen LogP contribution in [0.3, 0.4) is 0 Å². The highest BCUT2D eigenvalue weighted by Gasteiger charge is 2.37. The van der Waals surface area contributed by atoms with Gasteiger partial charge in [-0.15, -0.1) is 0 Å².